The predicted molar refractivity (Wildman–Crippen MR) is 79.9 cm³/mol. The van der Waals surface area contributed by atoms with E-state index in [9.17, 15) is 8.42 Å². The fourth-order valence-electron chi connectivity index (χ4n) is 1.64. The highest BCUT2D eigenvalue weighted by molar-refractivity contribution is 7.89. The van der Waals surface area contributed by atoms with Crippen LogP contribution in [0.4, 0.5) is 5.69 Å². The molecule has 19 heavy (non-hydrogen) atoms. The fraction of sp³-hybridized carbons (Fsp3) is 0.571. The van der Waals surface area contributed by atoms with Gasteiger partial charge in [0.15, 0.2) is 0 Å². The number of anilines is 1. The summed E-state index contributed by atoms with van der Waals surface area (Å²) in [5.41, 5.74) is 0.712. The van der Waals surface area contributed by atoms with Crippen LogP contribution in [0.3, 0.4) is 0 Å². The molecule has 0 fully saturated rings. The van der Waals surface area contributed by atoms with E-state index in [1.165, 1.54) is 0 Å². The molecule has 0 amide bonds. The van der Waals surface area contributed by atoms with Crippen LogP contribution in [0.5, 0.6) is 0 Å². The third kappa shape index (κ3) is 5.61. The van der Waals surface area contributed by atoms with Gasteiger partial charge in [-0.2, -0.15) is 0 Å². The van der Waals surface area contributed by atoms with Crippen molar-refractivity contribution in [1.29, 1.82) is 0 Å². The van der Waals surface area contributed by atoms with Gasteiger partial charge in [0.25, 0.3) is 0 Å². The van der Waals surface area contributed by atoms with Crippen LogP contribution >= 0.6 is 0 Å². The minimum atomic E-state index is -3.40. The number of rotatable bonds is 6. The summed E-state index contributed by atoms with van der Waals surface area (Å²) in [4.78, 5) is 0.304. The molecule has 0 radical (unpaired) electrons. The Kier molecular flexibility index (Phi) is 5.38. The number of benzene rings is 1. The first kappa shape index (κ1) is 16.0. The first-order chi connectivity index (χ1) is 8.74. The minimum Gasteiger partial charge on any atom is -0.380 e. The summed E-state index contributed by atoms with van der Waals surface area (Å²) < 4.78 is 26.8. The zero-order valence-corrected chi connectivity index (χ0v) is 13.0. The van der Waals surface area contributed by atoms with E-state index in [4.69, 9.17) is 0 Å². The van der Waals surface area contributed by atoms with Crippen LogP contribution in [0.15, 0.2) is 29.2 Å². The molecule has 108 valence electrons. The Labute approximate surface area is 116 Å². The summed E-state index contributed by atoms with van der Waals surface area (Å²) in [7, 11) is -3.40. The van der Waals surface area contributed by atoms with Gasteiger partial charge in [-0.05, 0) is 45.4 Å². The Bertz CT molecular complexity index is 504. The molecular formula is C14H24N2O2S. The topological polar surface area (TPSA) is 58.2 Å². The second-order valence-corrected chi connectivity index (χ2v) is 7.42. The third-order valence-corrected chi connectivity index (χ3v) is 3.94. The molecule has 0 aliphatic heterocycles. The normalized spacial score (nSPS) is 12.4. The molecule has 1 aromatic carbocycles. The predicted octanol–water partition coefficient (Wildman–Crippen LogP) is 2.98. The van der Waals surface area contributed by atoms with Crippen molar-refractivity contribution in [3.63, 3.8) is 0 Å². The van der Waals surface area contributed by atoms with Crippen LogP contribution in [0.2, 0.25) is 0 Å². The molecule has 0 bridgehead atoms. The smallest absolute Gasteiger partial charge is 0.240 e. The molecule has 0 aliphatic rings. The highest BCUT2D eigenvalue weighted by Crippen LogP contribution is 2.19. The van der Waals surface area contributed by atoms with Crippen molar-refractivity contribution in [2.45, 2.75) is 51.0 Å². The molecule has 0 aromatic heterocycles. The van der Waals surface area contributed by atoms with Crippen molar-refractivity contribution in [1.82, 2.24) is 4.72 Å². The molecular weight excluding hydrogens is 260 g/mol. The molecule has 4 nitrogen and oxygen atoms in total. The minimum absolute atomic E-state index is 0.0992. The molecule has 2 N–H and O–H groups in total. The molecule has 1 aromatic rings. The van der Waals surface area contributed by atoms with Crippen LogP contribution in [0, 0.1) is 0 Å². The van der Waals surface area contributed by atoms with Gasteiger partial charge < -0.3 is 5.32 Å². The number of nitrogens with one attached hydrogen (secondary N) is 2. The molecule has 5 heteroatoms. The summed E-state index contributed by atoms with van der Waals surface area (Å²) in [6, 6.07) is 6.90. The van der Waals surface area contributed by atoms with Gasteiger partial charge in [0, 0.05) is 17.8 Å². The number of sulfonamides is 1. The molecule has 1 rings (SSSR count). The second-order valence-electron chi connectivity index (χ2n) is 5.65. The molecule has 0 aliphatic carbocycles. The van der Waals surface area contributed by atoms with E-state index in [1.54, 1.807) is 18.2 Å². The zero-order valence-electron chi connectivity index (χ0n) is 12.2. The number of hydrogen-bond donors (Lipinski definition) is 2. The van der Waals surface area contributed by atoms with E-state index in [0.717, 1.165) is 18.5 Å². The van der Waals surface area contributed by atoms with E-state index in [1.807, 2.05) is 33.8 Å². The maximum absolute atomic E-state index is 12.1. The first-order valence-electron chi connectivity index (χ1n) is 6.62. The van der Waals surface area contributed by atoms with Crippen molar-refractivity contribution < 1.29 is 8.42 Å². The lowest BCUT2D eigenvalue weighted by Crippen LogP contribution is -2.27. The fourth-order valence-corrected chi connectivity index (χ4v) is 2.76. The summed E-state index contributed by atoms with van der Waals surface area (Å²) in [6.45, 7) is 8.62. The van der Waals surface area contributed by atoms with Crippen LogP contribution < -0.4 is 10.0 Å². The number of hydrogen-bond acceptors (Lipinski definition) is 3. The highest BCUT2D eigenvalue weighted by atomic mass is 32.2. The van der Waals surface area contributed by atoms with Gasteiger partial charge in [-0.3, -0.25) is 0 Å². The van der Waals surface area contributed by atoms with E-state index in [0.29, 0.717) is 11.4 Å². The Hall–Kier alpha value is -1.07. The molecule has 0 saturated heterocycles. The van der Waals surface area contributed by atoms with Crippen LogP contribution in [-0.4, -0.2) is 20.5 Å². The SMILES string of the molecule is CCCCNS(=O)(=O)c1cccc(NC(C)(C)C)c1. The first-order valence-corrected chi connectivity index (χ1v) is 8.11. The van der Waals surface area contributed by atoms with Crippen molar-refractivity contribution >= 4 is 15.7 Å². The van der Waals surface area contributed by atoms with E-state index in [-0.39, 0.29) is 5.54 Å². The van der Waals surface area contributed by atoms with Crippen molar-refractivity contribution in [3.05, 3.63) is 24.3 Å². The summed E-state index contributed by atoms with van der Waals surface area (Å²) in [6.07, 6.45) is 1.81. The molecule has 0 atom stereocenters. The molecule has 0 heterocycles. The quantitative estimate of drug-likeness (QED) is 0.790. The summed E-state index contributed by atoms with van der Waals surface area (Å²) >= 11 is 0. The molecule has 0 spiro atoms. The van der Waals surface area contributed by atoms with Gasteiger partial charge in [-0.15, -0.1) is 0 Å². The number of unbranched alkanes of at least 4 members (excludes halogenated alkanes) is 1. The van der Waals surface area contributed by atoms with Gasteiger partial charge in [0.2, 0.25) is 10.0 Å². The summed E-state index contributed by atoms with van der Waals surface area (Å²) in [5, 5.41) is 3.27. The highest BCUT2D eigenvalue weighted by Gasteiger charge is 2.15. The van der Waals surface area contributed by atoms with Gasteiger partial charge in [-0.1, -0.05) is 19.4 Å². The van der Waals surface area contributed by atoms with Crippen LogP contribution in [-0.2, 0) is 10.0 Å². The van der Waals surface area contributed by atoms with E-state index in [2.05, 4.69) is 10.0 Å². The average Bonchev–Trinajstić information content (AvgIpc) is 2.27. The van der Waals surface area contributed by atoms with Crippen molar-refractivity contribution in [2.24, 2.45) is 0 Å². The van der Waals surface area contributed by atoms with Crippen LogP contribution in [0.1, 0.15) is 40.5 Å². The van der Waals surface area contributed by atoms with Crippen molar-refractivity contribution in [3.8, 4) is 0 Å². The zero-order chi connectivity index (χ0) is 14.5. The molecule has 0 saturated carbocycles. The largest absolute Gasteiger partial charge is 0.380 e. The Morgan fingerprint density at radius 2 is 1.89 bits per heavy atom. The maximum atomic E-state index is 12.1. The lowest BCUT2D eigenvalue weighted by Gasteiger charge is -2.22. The van der Waals surface area contributed by atoms with Crippen LogP contribution in [0.25, 0.3) is 0 Å². The lowest BCUT2D eigenvalue weighted by molar-refractivity contribution is 0.578. The second kappa shape index (κ2) is 6.39. The maximum Gasteiger partial charge on any atom is 0.240 e. The standard InChI is InChI=1S/C14H24N2O2S/c1-5-6-10-15-19(17,18)13-9-7-8-12(11-13)16-14(2,3)4/h7-9,11,15-16H,5-6,10H2,1-4H3. The molecule has 0 unspecified atom stereocenters. The summed E-state index contributed by atoms with van der Waals surface area (Å²) in [5.74, 6) is 0. The van der Waals surface area contributed by atoms with E-state index < -0.39 is 10.0 Å². The van der Waals surface area contributed by atoms with Crippen molar-refractivity contribution in [2.75, 3.05) is 11.9 Å². The monoisotopic (exact) mass is 284 g/mol. The average molecular weight is 284 g/mol. The Balaban J connectivity index is 2.86. The van der Waals surface area contributed by atoms with E-state index >= 15 is 0 Å². The van der Waals surface area contributed by atoms with Gasteiger partial charge in [0.1, 0.15) is 0 Å². The third-order valence-electron chi connectivity index (χ3n) is 2.49. The van der Waals surface area contributed by atoms with Gasteiger partial charge >= 0.3 is 0 Å². The van der Waals surface area contributed by atoms with Gasteiger partial charge in [0.05, 0.1) is 4.90 Å². The Morgan fingerprint density at radius 1 is 1.21 bits per heavy atom. The lowest BCUT2D eigenvalue weighted by atomic mass is 10.1. The Morgan fingerprint density at radius 3 is 2.47 bits per heavy atom. The van der Waals surface area contributed by atoms with Gasteiger partial charge in [-0.25, -0.2) is 13.1 Å².